The Hall–Kier alpha value is -1.99. The van der Waals surface area contributed by atoms with Gasteiger partial charge in [-0.3, -0.25) is 19.8 Å². The summed E-state index contributed by atoms with van der Waals surface area (Å²) in [4.78, 5) is 24.2. The van der Waals surface area contributed by atoms with Crippen molar-refractivity contribution in [3.63, 3.8) is 0 Å². The van der Waals surface area contributed by atoms with Crippen LogP contribution in [0.4, 0.5) is 11.4 Å². The van der Waals surface area contributed by atoms with Crippen LogP contribution in [0.3, 0.4) is 0 Å². The molecule has 0 saturated heterocycles. The first-order valence-electron chi connectivity index (χ1n) is 6.76. The van der Waals surface area contributed by atoms with Gasteiger partial charge in [0.2, 0.25) is 5.91 Å². The van der Waals surface area contributed by atoms with Crippen LogP contribution in [-0.2, 0) is 4.79 Å². The van der Waals surface area contributed by atoms with E-state index in [0.717, 1.165) is 0 Å². The summed E-state index contributed by atoms with van der Waals surface area (Å²) in [7, 11) is 0. The second-order valence-corrected chi connectivity index (χ2v) is 5.19. The lowest BCUT2D eigenvalue weighted by Crippen LogP contribution is -2.41. The first-order valence-corrected chi connectivity index (χ1v) is 6.76. The van der Waals surface area contributed by atoms with Gasteiger partial charge in [0.05, 0.1) is 17.6 Å². The van der Waals surface area contributed by atoms with Gasteiger partial charge in [-0.05, 0) is 26.8 Å². The van der Waals surface area contributed by atoms with E-state index in [4.69, 9.17) is 0 Å². The molecule has 0 aliphatic carbocycles. The van der Waals surface area contributed by atoms with Crippen molar-refractivity contribution in [2.45, 2.75) is 32.9 Å². The van der Waals surface area contributed by atoms with Gasteiger partial charge in [-0.15, -0.1) is 0 Å². The Labute approximate surface area is 123 Å². The lowest BCUT2D eigenvalue weighted by atomic mass is 10.2. The van der Waals surface area contributed by atoms with Crippen molar-refractivity contribution in [2.75, 3.05) is 18.4 Å². The number of benzene rings is 1. The standard InChI is InChI=1S/C14H21N3O4/c1-10(2)16(8-11(3)18)9-14(19)15-12-6-4-5-7-13(12)17(20)21/h4-7,10-11,18H,8-9H2,1-3H3,(H,15,19). The molecule has 1 atom stereocenters. The molecule has 1 aromatic rings. The van der Waals surface area contributed by atoms with E-state index in [0.29, 0.717) is 6.54 Å². The highest BCUT2D eigenvalue weighted by molar-refractivity contribution is 5.94. The predicted molar refractivity (Wildman–Crippen MR) is 80.1 cm³/mol. The molecule has 116 valence electrons. The summed E-state index contributed by atoms with van der Waals surface area (Å²) in [6.45, 7) is 5.91. The third kappa shape index (κ3) is 5.49. The predicted octanol–water partition coefficient (Wildman–Crippen LogP) is 1.62. The van der Waals surface area contributed by atoms with Crippen molar-refractivity contribution in [3.05, 3.63) is 34.4 Å². The molecule has 2 N–H and O–H groups in total. The Bertz CT molecular complexity index is 503. The maximum Gasteiger partial charge on any atom is 0.292 e. The Morgan fingerprint density at radius 2 is 2.00 bits per heavy atom. The quantitative estimate of drug-likeness (QED) is 0.588. The largest absolute Gasteiger partial charge is 0.392 e. The fourth-order valence-corrected chi connectivity index (χ4v) is 1.91. The molecule has 0 radical (unpaired) electrons. The second-order valence-electron chi connectivity index (χ2n) is 5.19. The van der Waals surface area contributed by atoms with Crippen molar-refractivity contribution in [1.82, 2.24) is 4.90 Å². The third-order valence-electron chi connectivity index (χ3n) is 2.95. The molecule has 1 amide bonds. The lowest BCUT2D eigenvalue weighted by Gasteiger charge is -2.26. The van der Waals surface area contributed by atoms with E-state index in [-0.39, 0.29) is 29.9 Å². The van der Waals surface area contributed by atoms with Crippen molar-refractivity contribution in [2.24, 2.45) is 0 Å². The van der Waals surface area contributed by atoms with Crippen LogP contribution in [0.1, 0.15) is 20.8 Å². The number of anilines is 1. The van der Waals surface area contributed by atoms with Crippen LogP contribution in [0.15, 0.2) is 24.3 Å². The maximum absolute atomic E-state index is 12.0. The molecule has 1 rings (SSSR count). The van der Waals surface area contributed by atoms with Crippen LogP contribution >= 0.6 is 0 Å². The van der Waals surface area contributed by atoms with Gasteiger partial charge in [-0.2, -0.15) is 0 Å². The summed E-state index contributed by atoms with van der Waals surface area (Å²) in [6, 6.07) is 6.08. The number of nitrogens with zero attached hydrogens (tertiary/aromatic N) is 2. The van der Waals surface area contributed by atoms with Crippen LogP contribution in [0.2, 0.25) is 0 Å². The van der Waals surface area contributed by atoms with E-state index in [1.165, 1.54) is 12.1 Å². The SMILES string of the molecule is CC(O)CN(CC(=O)Nc1ccccc1[N+](=O)[O-])C(C)C. The van der Waals surface area contributed by atoms with E-state index in [2.05, 4.69) is 5.32 Å². The van der Waals surface area contributed by atoms with Gasteiger partial charge in [-0.1, -0.05) is 12.1 Å². The maximum atomic E-state index is 12.0. The molecule has 0 aromatic heterocycles. The summed E-state index contributed by atoms with van der Waals surface area (Å²) in [5.74, 6) is -0.348. The average Bonchev–Trinajstić information content (AvgIpc) is 2.37. The van der Waals surface area contributed by atoms with Crippen LogP contribution in [0.25, 0.3) is 0 Å². The molecule has 0 bridgehead atoms. The summed E-state index contributed by atoms with van der Waals surface area (Å²) in [5.41, 5.74) is 0.0331. The number of amides is 1. The normalized spacial score (nSPS) is 12.5. The number of hydrogen-bond donors (Lipinski definition) is 2. The molecule has 1 unspecified atom stereocenters. The average molecular weight is 295 g/mol. The smallest absolute Gasteiger partial charge is 0.292 e. The van der Waals surface area contributed by atoms with Gasteiger partial charge in [0, 0.05) is 18.7 Å². The summed E-state index contributed by atoms with van der Waals surface area (Å²) < 4.78 is 0. The van der Waals surface area contributed by atoms with E-state index in [1.54, 1.807) is 24.0 Å². The lowest BCUT2D eigenvalue weighted by molar-refractivity contribution is -0.383. The Balaban J connectivity index is 2.75. The van der Waals surface area contributed by atoms with Gasteiger partial charge in [0.25, 0.3) is 5.69 Å². The van der Waals surface area contributed by atoms with Gasteiger partial charge in [-0.25, -0.2) is 0 Å². The van der Waals surface area contributed by atoms with Crippen molar-refractivity contribution in [1.29, 1.82) is 0 Å². The Kier molecular flexibility index (Phi) is 6.26. The molecule has 0 aliphatic rings. The third-order valence-corrected chi connectivity index (χ3v) is 2.95. The monoisotopic (exact) mass is 295 g/mol. The number of rotatable bonds is 7. The minimum absolute atomic E-state index is 0.0641. The molecular formula is C14H21N3O4. The van der Waals surface area contributed by atoms with Gasteiger partial charge in [0.1, 0.15) is 5.69 Å². The highest BCUT2D eigenvalue weighted by Crippen LogP contribution is 2.23. The zero-order valence-electron chi connectivity index (χ0n) is 12.4. The highest BCUT2D eigenvalue weighted by Gasteiger charge is 2.19. The van der Waals surface area contributed by atoms with E-state index in [9.17, 15) is 20.0 Å². The topological polar surface area (TPSA) is 95.7 Å². The van der Waals surface area contributed by atoms with E-state index in [1.807, 2.05) is 13.8 Å². The fourth-order valence-electron chi connectivity index (χ4n) is 1.91. The molecule has 0 spiro atoms. The number of nitro benzene ring substituents is 1. The second kappa shape index (κ2) is 7.70. The minimum atomic E-state index is -0.550. The number of nitro groups is 1. The first kappa shape index (κ1) is 17.1. The first-order chi connectivity index (χ1) is 9.81. The Morgan fingerprint density at radius 1 is 1.38 bits per heavy atom. The number of carbonyl (C=O) groups excluding carboxylic acids is 1. The van der Waals surface area contributed by atoms with Crippen LogP contribution in [-0.4, -0.2) is 46.1 Å². The number of aliphatic hydroxyl groups excluding tert-OH is 1. The van der Waals surface area contributed by atoms with Crippen LogP contribution in [0, 0.1) is 10.1 Å². The molecule has 0 heterocycles. The van der Waals surface area contributed by atoms with Gasteiger partial charge in [0.15, 0.2) is 0 Å². The zero-order valence-corrected chi connectivity index (χ0v) is 12.4. The number of aliphatic hydroxyl groups is 1. The number of para-hydroxylation sites is 2. The van der Waals surface area contributed by atoms with Crippen molar-refractivity contribution >= 4 is 17.3 Å². The van der Waals surface area contributed by atoms with Crippen LogP contribution in [0.5, 0.6) is 0 Å². The summed E-state index contributed by atoms with van der Waals surface area (Å²) >= 11 is 0. The van der Waals surface area contributed by atoms with Crippen molar-refractivity contribution in [3.8, 4) is 0 Å². The minimum Gasteiger partial charge on any atom is -0.392 e. The Morgan fingerprint density at radius 3 is 2.52 bits per heavy atom. The molecule has 7 nitrogen and oxygen atoms in total. The van der Waals surface area contributed by atoms with E-state index < -0.39 is 11.0 Å². The van der Waals surface area contributed by atoms with E-state index >= 15 is 0 Å². The van der Waals surface area contributed by atoms with Gasteiger partial charge >= 0.3 is 0 Å². The highest BCUT2D eigenvalue weighted by atomic mass is 16.6. The number of hydrogen-bond acceptors (Lipinski definition) is 5. The molecule has 0 saturated carbocycles. The molecular weight excluding hydrogens is 274 g/mol. The summed E-state index contributed by atoms with van der Waals surface area (Å²) in [6.07, 6.45) is -0.550. The van der Waals surface area contributed by atoms with Crippen molar-refractivity contribution < 1.29 is 14.8 Å². The van der Waals surface area contributed by atoms with Gasteiger partial charge < -0.3 is 10.4 Å². The molecule has 1 aromatic carbocycles. The molecule has 0 aliphatic heterocycles. The number of nitrogens with one attached hydrogen (secondary N) is 1. The fraction of sp³-hybridized carbons (Fsp3) is 0.500. The zero-order chi connectivity index (χ0) is 16.0. The molecule has 7 heteroatoms. The van der Waals surface area contributed by atoms with Crippen LogP contribution < -0.4 is 5.32 Å². The molecule has 0 fully saturated rings. The molecule has 21 heavy (non-hydrogen) atoms. The summed E-state index contributed by atoms with van der Waals surface area (Å²) in [5, 5.41) is 22.9. The number of carbonyl (C=O) groups is 1.